The average molecular weight is 287 g/mol. The first kappa shape index (κ1) is 14.0. The van der Waals surface area contributed by atoms with Crippen molar-refractivity contribution in [2.45, 2.75) is 26.0 Å². The van der Waals surface area contributed by atoms with Crippen LogP contribution in [0.3, 0.4) is 0 Å². The van der Waals surface area contributed by atoms with Gasteiger partial charge >= 0.3 is 0 Å². The van der Waals surface area contributed by atoms with Gasteiger partial charge in [-0.2, -0.15) is 5.10 Å². The van der Waals surface area contributed by atoms with Gasteiger partial charge in [0.25, 0.3) is 0 Å². The topological polar surface area (TPSA) is 38.0 Å². The molecule has 0 radical (unpaired) electrons. The Hall–Kier alpha value is -1.46. The second kappa shape index (κ2) is 5.67. The molecular weight excluding hydrogens is 274 g/mol. The summed E-state index contributed by atoms with van der Waals surface area (Å²) in [5.41, 5.74) is -0.213. The van der Waals surface area contributed by atoms with Crippen molar-refractivity contribution in [3.8, 4) is 0 Å². The Morgan fingerprint density at radius 1 is 1.37 bits per heavy atom. The van der Waals surface area contributed by atoms with Gasteiger partial charge in [0.1, 0.15) is 17.7 Å². The molecule has 0 saturated heterocycles. The first-order chi connectivity index (χ1) is 9.06. The molecule has 1 atom stereocenters. The quantitative estimate of drug-likeness (QED) is 0.936. The number of halogens is 3. The van der Waals surface area contributed by atoms with Gasteiger partial charge in [0.05, 0.1) is 22.5 Å². The monoisotopic (exact) mass is 286 g/mol. The molecule has 0 aliphatic rings. The Morgan fingerprint density at radius 3 is 2.58 bits per heavy atom. The second-order valence-corrected chi connectivity index (χ2v) is 4.55. The number of nitrogens with zero attached hydrogens (tertiary/aromatic N) is 2. The Kier molecular flexibility index (Phi) is 4.17. The first-order valence-electron chi connectivity index (χ1n) is 5.89. The van der Waals surface area contributed by atoms with Crippen molar-refractivity contribution in [3.05, 3.63) is 52.3 Å². The van der Waals surface area contributed by atoms with Gasteiger partial charge in [-0.25, -0.2) is 8.78 Å². The molecule has 2 rings (SSSR count). The summed E-state index contributed by atoms with van der Waals surface area (Å²) in [6, 6.07) is 3.43. The van der Waals surface area contributed by atoms with E-state index in [1.165, 1.54) is 16.9 Å². The molecule has 0 aliphatic heterocycles. The van der Waals surface area contributed by atoms with E-state index in [-0.39, 0.29) is 10.7 Å². The van der Waals surface area contributed by atoms with Crippen molar-refractivity contribution >= 4 is 11.6 Å². The number of hydrogen-bond acceptors (Lipinski definition) is 2. The number of rotatable bonds is 4. The summed E-state index contributed by atoms with van der Waals surface area (Å²) in [6.45, 7) is 2.44. The summed E-state index contributed by atoms with van der Waals surface area (Å²) in [6.07, 6.45) is 0.633. The molecule has 6 heteroatoms. The SMILES string of the molecule is CCCn1ncc(Cl)c1C(O)c1c(F)cccc1F. The molecule has 0 saturated carbocycles. The predicted molar refractivity (Wildman–Crippen MR) is 67.9 cm³/mol. The van der Waals surface area contributed by atoms with E-state index in [2.05, 4.69) is 5.10 Å². The highest BCUT2D eigenvalue weighted by atomic mass is 35.5. The van der Waals surface area contributed by atoms with Crippen LogP contribution >= 0.6 is 11.6 Å². The summed E-state index contributed by atoms with van der Waals surface area (Å²) in [5, 5.41) is 14.4. The lowest BCUT2D eigenvalue weighted by atomic mass is 10.1. The lowest BCUT2D eigenvalue weighted by Gasteiger charge is -2.15. The Bertz CT molecular complexity index is 566. The molecular formula is C13H13ClF2N2O. The smallest absolute Gasteiger partial charge is 0.132 e. The van der Waals surface area contributed by atoms with E-state index < -0.39 is 23.3 Å². The minimum atomic E-state index is -1.48. The highest BCUT2D eigenvalue weighted by Crippen LogP contribution is 2.31. The van der Waals surface area contributed by atoms with Crippen LogP contribution in [0.4, 0.5) is 8.78 Å². The molecule has 0 bridgehead atoms. The van der Waals surface area contributed by atoms with Crippen molar-refractivity contribution in [2.24, 2.45) is 0 Å². The normalized spacial score (nSPS) is 12.7. The maximum atomic E-state index is 13.7. The van der Waals surface area contributed by atoms with Crippen molar-refractivity contribution in [3.63, 3.8) is 0 Å². The summed E-state index contributed by atoms with van der Waals surface area (Å²) < 4.78 is 28.8. The van der Waals surface area contributed by atoms with Crippen LogP contribution < -0.4 is 0 Å². The number of hydrogen-bond donors (Lipinski definition) is 1. The van der Waals surface area contributed by atoms with Crippen LogP contribution in [0.15, 0.2) is 24.4 Å². The lowest BCUT2D eigenvalue weighted by molar-refractivity contribution is 0.197. The van der Waals surface area contributed by atoms with Crippen LogP contribution in [0.5, 0.6) is 0 Å². The predicted octanol–water partition coefficient (Wildman–Crippen LogP) is 3.31. The summed E-state index contributed by atoms with van der Waals surface area (Å²) in [4.78, 5) is 0. The van der Waals surface area contributed by atoms with Crippen LogP contribution in [-0.2, 0) is 6.54 Å². The molecule has 1 heterocycles. The molecule has 0 spiro atoms. The molecule has 0 aliphatic carbocycles. The van der Waals surface area contributed by atoms with Crippen molar-refractivity contribution in [1.82, 2.24) is 9.78 Å². The number of aryl methyl sites for hydroxylation is 1. The number of aliphatic hydroxyl groups is 1. The number of aliphatic hydroxyl groups excluding tert-OH is 1. The van der Waals surface area contributed by atoms with Crippen molar-refractivity contribution in [1.29, 1.82) is 0 Å². The molecule has 0 amide bonds. The van der Waals surface area contributed by atoms with Gasteiger partial charge in [-0.15, -0.1) is 0 Å². The fraction of sp³-hybridized carbons (Fsp3) is 0.308. The summed E-state index contributed by atoms with van der Waals surface area (Å²) >= 11 is 5.94. The zero-order valence-electron chi connectivity index (χ0n) is 10.3. The zero-order chi connectivity index (χ0) is 14.0. The van der Waals surface area contributed by atoms with E-state index in [9.17, 15) is 13.9 Å². The third-order valence-electron chi connectivity index (χ3n) is 2.80. The molecule has 1 N–H and O–H groups in total. The highest BCUT2D eigenvalue weighted by Gasteiger charge is 2.25. The molecule has 0 fully saturated rings. The maximum Gasteiger partial charge on any atom is 0.132 e. The van der Waals surface area contributed by atoms with E-state index >= 15 is 0 Å². The van der Waals surface area contributed by atoms with E-state index in [1.54, 1.807) is 0 Å². The van der Waals surface area contributed by atoms with Crippen molar-refractivity contribution < 1.29 is 13.9 Å². The summed E-state index contributed by atoms with van der Waals surface area (Å²) in [7, 11) is 0. The van der Waals surface area contributed by atoms with Gasteiger partial charge in [0, 0.05) is 6.54 Å². The third kappa shape index (κ3) is 2.62. The van der Waals surface area contributed by atoms with E-state index in [0.29, 0.717) is 6.54 Å². The van der Waals surface area contributed by atoms with Crippen LogP contribution in [0.2, 0.25) is 5.02 Å². The standard InChI is InChI=1S/C13H13ClF2N2O/c1-2-6-18-12(8(14)7-17-18)13(19)11-9(15)4-3-5-10(11)16/h3-5,7,13,19H,2,6H2,1H3. The van der Waals surface area contributed by atoms with Gasteiger partial charge in [-0.3, -0.25) is 4.68 Å². The third-order valence-corrected chi connectivity index (χ3v) is 3.09. The van der Waals surface area contributed by atoms with Crippen LogP contribution in [0.25, 0.3) is 0 Å². The van der Waals surface area contributed by atoms with Crippen molar-refractivity contribution in [2.75, 3.05) is 0 Å². The Balaban J connectivity index is 2.50. The molecule has 102 valence electrons. The van der Waals surface area contributed by atoms with Crippen LogP contribution in [0, 0.1) is 11.6 Å². The first-order valence-corrected chi connectivity index (χ1v) is 6.27. The van der Waals surface area contributed by atoms with Gasteiger partial charge in [-0.05, 0) is 18.6 Å². The van der Waals surface area contributed by atoms with Crippen LogP contribution in [-0.4, -0.2) is 14.9 Å². The number of aromatic nitrogens is 2. The number of benzene rings is 1. The van der Waals surface area contributed by atoms with Gasteiger partial charge in [0.15, 0.2) is 0 Å². The zero-order valence-corrected chi connectivity index (χ0v) is 11.0. The lowest BCUT2D eigenvalue weighted by Crippen LogP contribution is -2.13. The highest BCUT2D eigenvalue weighted by molar-refractivity contribution is 6.31. The van der Waals surface area contributed by atoms with Crippen LogP contribution in [0.1, 0.15) is 30.7 Å². The van der Waals surface area contributed by atoms with Gasteiger partial charge < -0.3 is 5.11 Å². The fourth-order valence-electron chi connectivity index (χ4n) is 1.94. The molecule has 1 unspecified atom stereocenters. The summed E-state index contributed by atoms with van der Waals surface area (Å²) in [5.74, 6) is -1.62. The Morgan fingerprint density at radius 2 is 2.00 bits per heavy atom. The molecule has 19 heavy (non-hydrogen) atoms. The van der Waals surface area contributed by atoms with E-state index in [0.717, 1.165) is 18.6 Å². The average Bonchev–Trinajstić information content (AvgIpc) is 2.70. The molecule has 1 aromatic heterocycles. The largest absolute Gasteiger partial charge is 0.382 e. The molecule has 1 aromatic carbocycles. The maximum absolute atomic E-state index is 13.7. The molecule has 2 aromatic rings. The van der Waals surface area contributed by atoms with Gasteiger partial charge in [-0.1, -0.05) is 24.6 Å². The fourth-order valence-corrected chi connectivity index (χ4v) is 2.19. The second-order valence-electron chi connectivity index (χ2n) is 4.14. The Labute approximate surface area is 114 Å². The minimum absolute atomic E-state index is 0.184. The van der Waals surface area contributed by atoms with E-state index in [1.807, 2.05) is 6.92 Å². The van der Waals surface area contributed by atoms with E-state index in [4.69, 9.17) is 11.6 Å². The molecule has 3 nitrogen and oxygen atoms in total. The minimum Gasteiger partial charge on any atom is -0.382 e. The van der Waals surface area contributed by atoms with Gasteiger partial charge in [0.2, 0.25) is 0 Å².